The maximum Gasteiger partial charge on any atom is 0.251 e. The summed E-state index contributed by atoms with van der Waals surface area (Å²) in [4.78, 5) is 11.9. The molecule has 0 bridgehead atoms. The molecule has 0 spiro atoms. The summed E-state index contributed by atoms with van der Waals surface area (Å²) in [5.74, 6) is 0.658. The minimum Gasteiger partial charge on any atom is -0.365 e. The molecule has 1 aliphatic heterocycles. The lowest BCUT2D eigenvalue weighted by Crippen LogP contribution is -2.45. The van der Waals surface area contributed by atoms with Gasteiger partial charge in [0, 0.05) is 13.2 Å². The molecule has 0 aromatic carbocycles. The molecule has 88 valence electrons. The fraction of sp³-hybridized carbons (Fsp3) is 0.917. The van der Waals surface area contributed by atoms with Gasteiger partial charge in [-0.3, -0.25) is 4.79 Å². The molecule has 0 aromatic rings. The quantitative estimate of drug-likeness (QED) is 0.759. The number of carbonyl (C=O) groups is 1. The molecule has 0 aliphatic carbocycles. The zero-order chi connectivity index (χ0) is 11.3. The van der Waals surface area contributed by atoms with E-state index in [1.807, 2.05) is 6.92 Å². The van der Waals surface area contributed by atoms with Crippen molar-refractivity contribution in [2.45, 2.75) is 52.1 Å². The Bertz CT molecular complexity index is 206. The van der Waals surface area contributed by atoms with E-state index in [1.54, 1.807) is 0 Å². The highest BCUT2D eigenvalue weighted by molar-refractivity contribution is 5.84. The first-order valence-corrected chi connectivity index (χ1v) is 6.04. The number of carbonyl (C=O) groups excluding carboxylic acids is 1. The first-order chi connectivity index (χ1) is 7.12. The minimum atomic E-state index is -0.563. The van der Waals surface area contributed by atoms with Crippen LogP contribution in [0.25, 0.3) is 0 Å². The lowest BCUT2D eigenvalue weighted by atomic mass is 10.00. The molecule has 3 heteroatoms. The van der Waals surface area contributed by atoms with E-state index in [0.29, 0.717) is 5.92 Å². The molecule has 1 unspecified atom stereocenters. The van der Waals surface area contributed by atoms with Gasteiger partial charge in [0.05, 0.1) is 0 Å². The van der Waals surface area contributed by atoms with E-state index >= 15 is 0 Å². The van der Waals surface area contributed by atoms with Crippen LogP contribution in [-0.4, -0.2) is 24.7 Å². The molecule has 1 aliphatic rings. The second kappa shape index (κ2) is 5.50. The van der Waals surface area contributed by atoms with E-state index in [9.17, 15) is 4.79 Å². The Balaban J connectivity index is 2.35. The van der Waals surface area contributed by atoms with Gasteiger partial charge < -0.3 is 10.1 Å². The van der Waals surface area contributed by atoms with E-state index in [2.05, 4.69) is 19.2 Å². The number of ether oxygens (including phenoxy) is 1. The van der Waals surface area contributed by atoms with Crippen LogP contribution in [-0.2, 0) is 9.53 Å². The first-order valence-electron chi connectivity index (χ1n) is 6.04. The molecule has 1 amide bonds. The Kier molecular flexibility index (Phi) is 4.58. The summed E-state index contributed by atoms with van der Waals surface area (Å²) in [6.45, 7) is 7.71. The van der Waals surface area contributed by atoms with Gasteiger partial charge in [0.2, 0.25) is 0 Å². The van der Waals surface area contributed by atoms with E-state index in [-0.39, 0.29) is 5.91 Å². The number of hydrogen-bond donors (Lipinski definition) is 1. The molecule has 1 saturated heterocycles. The van der Waals surface area contributed by atoms with Crippen LogP contribution in [0.3, 0.4) is 0 Å². The summed E-state index contributed by atoms with van der Waals surface area (Å²) in [6.07, 6.45) is 4.08. The largest absolute Gasteiger partial charge is 0.365 e. The van der Waals surface area contributed by atoms with Crippen molar-refractivity contribution in [1.82, 2.24) is 5.32 Å². The van der Waals surface area contributed by atoms with Gasteiger partial charge in [-0.05, 0) is 25.7 Å². The third-order valence-corrected chi connectivity index (χ3v) is 3.41. The van der Waals surface area contributed by atoms with Gasteiger partial charge >= 0.3 is 0 Å². The minimum absolute atomic E-state index is 0.0619. The van der Waals surface area contributed by atoms with Crippen molar-refractivity contribution >= 4 is 5.91 Å². The zero-order valence-corrected chi connectivity index (χ0v) is 10.1. The van der Waals surface area contributed by atoms with Gasteiger partial charge in [0.25, 0.3) is 5.91 Å². The Morgan fingerprint density at radius 1 is 1.47 bits per heavy atom. The highest BCUT2D eigenvalue weighted by Crippen LogP contribution is 2.25. The van der Waals surface area contributed by atoms with Crippen molar-refractivity contribution in [3.8, 4) is 0 Å². The molecule has 15 heavy (non-hydrogen) atoms. The molecular formula is C12H23NO2. The maximum absolute atomic E-state index is 11.9. The number of rotatable bonds is 5. The lowest BCUT2D eigenvalue weighted by molar-refractivity contribution is -0.139. The summed E-state index contributed by atoms with van der Waals surface area (Å²) in [5.41, 5.74) is -0.563. The van der Waals surface area contributed by atoms with Crippen molar-refractivity contribution in [2.75, 3.05) is 13.2 Å². The fourth-order valence-electron chi connectivity index (χ4n) is 1.96. The Morgan fingerprint density at radius 2 is 2.13 bits per heavy atom. The number of nitrogens with one attached hydrogen (secondary N) is 1. The van der Waals surface area contributed by atoms with E-state index in [0.717, 1.165) is 38.8 Å². The fourth-order valence-corrected chi connectivity index (χ4v) is 1.96. The normalized spacial score (nSPS) is 25.9. The molecule has 1 rings (SSSR count). The van der Waals surface area contributed by atoms with Crippen LogP contribution in [0.1, 0.15) is 46.5 Å². The van der Waals surface area contributed by atoms with E-state index in [1.165, 1.54) is 0 Å². The summed E-state index contributed by atoms with van der Waals surface area (Å²) in [5, 5.41) is 3.00. The summed E-state index contributed by atoms with van der Waals surface area (Å²) < 4.78 is 5.49. The van der Waals surface area contributed by atoms with Gasteiger partial charge in [-0.25, -0.2) is 0 Å². The molecule has 1 N–H and O–H groups in total. The number of hydrogen-bond acceptors (Lipinski definition) is 2. The molecular weight excluding hydrogens is 190 g/mol. The highest BCUT2D eigenvalue weighted by Gasteiger charge is 2.37. The average Bonchev–Trinajstić information content (AvgIpc) is 2.68. The topological polar surface area (TPSA) is 38.3 Å². The molecule has 1 heterocycles. The van der Waals surface area contributed by atoms with Crippen LogP contribution in [0.5, 0.6) is 0 Å². The Hall–Kier alpha value is -0.570. The average molecular weight is 213 g/mol. The van der Waals surface area contributed by atoms with Gasteiger partial charge in [0.1, 0.15) is 5.60 Å². The third-order valence-electron chi connectivity index (χ3n) is 3.41. The van der Waals surface area contributed by atoms with Crippen LogP contribution in [0.15, 0.2) is 0 Å². The van der Waals surface area contributed by atoms with Gasteiger partial charge in [-0.2, -0.15) is 0 Å². The maximum atomic E-state index is 11.9. The second-order valence-corrected chi connectivity index (χ2v) is 4.58. The van der Waals surface area contributed by atoms with Crippen molar-refractivity contribution in [2.24, 2.45) is 5.92 Å². The molecule has 0 radical (unpaired) electrons. The molecule has 3 nitrogen and oxygen atoms in total. The predicted molar refractivity (Wildman–Crippen MR) is 60.7 cm³/mol. The van der Waals surface area contributed by atoms with Crippen molar-refractivity contribution in [1.29, 1.82) is 0 Å². The third kappa shape index (κ3) is 3.20. The molecule has 1 fully saturated rings. The van der Waals surface area contributed by atoms with Crippen LogP contribution in [0, 0.1) is 5.92 Å². The Labute approximate surface area is 92.6 Å². The predicted octanol–water partition coefficient (Wildman–Crippen LogP) is 2.11. The zero-order valence-electron chi connectivity index (χ0n) is 10.1. The van der Waals surface area contributed by atoms with Crippen LogP contribution >= 0.6 is 0 Å². The van der Waals surface area contributed by atoms with Crippen molar-refractivity contribution in [3.05, 3.63) is 0 Å². The van der Waals surface area contributed by atoms with Crippen molar-refractivity contribution < 1.29 is 9.53 Å². The monoisotopic (exact) mass is 213 g/mol. The van der Waals surface area contributed by atoms with Crippen LogP contribution in [0.4, 0.5) is 0 Å². The lowest BCUT2D eigenvalue weighted by Gasteiger charge is -2.23. The van der Waals surface area contributed by atoms with E-state index < -0.39 is 5.60 Å². The SMILES string of the molecule is CCC(CC)CNC(=O)C1(C)CCCO1. The van der Waals surface area contributed by atoms with Crippen molar-refractivity contribution in [3.63, 3.8) is 0 Å². The standard InChI is InChI=1S/C12H23NO2/c1-4-10(5-2)9-13-11(14)12(3)7-6-8-15-12/h10H,4-9H2,1-3H3,(H,13,14). The number of amides is 1. The first kappa shape index (κ1) is 12.5. The second-order valence-electron chi connectivity index (χ2n) is 4.58. The summed E-state index contributed by atoms with van der Waals surface area (Å²) in [6, 6.07) is 0. The van der Waals surface area contributed by atoms with Crippen LogP contribution in [0.2, 0.25) is 0 Å². The Morgan fingerprint density at radius 3 is 2.60 bits per heavy atom. The van der Waals surface area contributed by atoms with E-state index in [4.69, 9.17) is 4.74 Å². The molecule has 0 aromatic heterocycles. The smallest absolute Gasteiger partial charge is 0.251 e. The van der Waals surface area contributed by atoms with Gasteiger partial charge in [0.15, 0.2) is 0 Å². The van der Waals surface area contributed by atoms with Gasteiger partial charge in [-0.15, -0.1) is 0 Å². The summed E-state index contributed by atoms with van der Waals surface area (Å²) >= 11 is 0. The van der Waals surface area contributed by atoms with Gasteiger partial charge in [-0.1, -0.05) is 26.7 Å². The highest BCUT2D eigenvalue weighted by atomic mass is 16.5. The van der Waals surface area contributed by atoms with Crippen LogP contribution < -0.4 is 5.32 Å². The molecule has 1 atom stereocenters. The summed E-state index contributed by atoms with van der Waals surface area (Å²) in [7, 11) is 0. The molecule has 0 saturated carbocycles.